The third-order valence-electron chi connectivity index (χ3n) is 4.44. The van der Waals surface area contributed by atoms with Crippen molar-refractivity contribution in [2.24, 2.45) is 5.14 Å². The summed E-state index contributed by atoms with van der Waals surface area (Å²) >= 11 is 0. The van der Waals surface area contributed by atoms with Gasteiger partial charge in [0.05, 0.1) is 10.4 Å². The summed E-state index contributed by atoms with van der Waals surface area (Å²) in [4.78, 5) is 17.2. The van der Waals surface area contributed by atoms with E-state index in [1.54, 1.807) is 12.1 Å². The van der Waals surface area contributed by atoms with Crippen LogP contribution in [-0.4, -0.2) is 23.7 Å². The van der Waals surface area contributed by atoms with Gasteiger partial charge in [-0.2, -0.15) is 0 Å². The first-order chi connectivity index (χ1) is 12.4. The number of benzene rings is 1. The third kappa shape index (κ3) is 3.21. The molecule has 1 aromatic carbocycles. The van der Waals surface area contributed by atoms with Gasteiger partial charge in [-0.3, -0.25) is 4.79 Å². The number of amides is 1. The highest BCUT2D eigenvalue weighted by molar-refractivity contribution is 7.89. The summed E-state index contributed by atoms with van der Waals surface area (Å²) in [5.74, 6) is 1.11. The highest BCUT2D eigenvalue weighted by atomic mass is 32.2. The van der Waals surface area contributed by atoms with Gasteiger partial charge in [-0.15, -0.1) is 0 Å². The van der Waals surface area contributed by atoms with Crippen LogP contribution < -0.4 is 10.5 Å². The van der Waals surface area contributed by atoms with E-state index in [2.05, 4.69) is 10.3 Å². The summed E-state index contributed by atoms with van der Waals surface area (Å²) in [5.41, 5.74) is 1.97. The van der Waals surface area contributed by atoms with E-state index in [9.17, 15) is 13.2 Å². The summed E-state index contributed by atoms with van der Waals surface area (Å²) in [7, 11) is -3.72. The Bertz CT molecular complexity index is 1080. The van der Waals surface area contributed by atoms with Crippen LogP contribution in [-0.2, 0) is 16.6 Å². The van der Waals surface area contributed by atoms with Gasteiger partial charge in [-0.25, -0.2) is 18.5 Å². The maximum absolute atomic E-state index is 12.6. The van der Waals surface area contributed by atoms with Crippen molar-refractivity contribution in [3.05, 3.63) is 65.7 Å². The number of nitrogens with zero attached hydrogens (tertiary/aromatic N) is 2. The van der Waals surface area contributed by atoms with Crippen molar-refractivity contribution in [1.82, 2.24) is 14.7 Å². The minimum atomic E-state index is -3.72. The van der Waals surface area contributed by atoms with Crippen LogP contribution in [0.4, 0.5) is 0 Å². The molecule has 0 radical (unpaired) electrons. The first kappa shape index (κ1) is 16.7. The van der Waals surface area contributed by atoms with Crippen LogP contribution in [0.2, 0.25) is 0 Å². The number of carbonyl (C=O) groups is 1. The molecular weight excluding hydrogens is 352 g/mol. The zero-order valence-corrected chi connectivity index (χ0v) is 14.7. The molecule has 0 atom stereocenters. The Morgan fingerprint density at radius 2 is 1.92 bits per heavy atom. The summed E-state index contributed by atoms with van der Waals surface area (Å²) in [5, 5.41) is 7.92. The number of rotatable bonds is 5. The molecule has 0 aliphatic heterocycles. The van der Waals surface area contributed by atoms with Crippen molar-refractivity contribution in [3.63, 3.8) is 0 Å². The van der Waals surface area contributed by atoms with E-state index in [4.69, 9.17) is 5.14 Å². The molecule has 1 aliphatic carbocycles. The lowest BCUT2D eigenvalue weighted by Gasteiger charge is -2.05. The summed E-state index contributed by atoms with van der Waals surface area (Å²) in [6.07, 6.45) is 4.13. The lowest BCUT2D eigenvalue weighted by Crippen LogP contribution is -2.23. The standard InChI is InChI=1S/C18H18N4O3S/c19-26(24,25)14-8-4-12(5-9-14)11-20-18(23)16-15-3-1-2-10-22(15)17(21-16)13-6-7-13/h1-5,8-10,13H,6-7,11H2,(H,20,23)(H2,19,24,25). The number of hydrogen-bond donors (Lipinski definition) is 2. The quantitative estimate of drug-likeness (QED) is 0.714. The average Bonchev–Trinajstić information content (AvgIpc) is 3.39. The van der Waals surface area contributed by atoms with Crippen LogP contribution in [0.5, 0.6) is 0 Å². The topological polar surface area (TPSA) is 107 Å². The first-order valence-corrected chi connectivity index (χ1v) is 9.85. The molecule has 0 bridgehead atoms. The number of fused-ring (bicyclic) bond motifs is 1. The zero-order chi connectivity index (χ0) is 18.3. The van der Waals surface area contributed by atoms with Crippen molar-refractivity contribution in [1.29, 1.82) is 0 Å². The van der Waals surface area contributed by atoms with Crippen molar-refractivity contribution in [2.45, 2.75) is 30.2 Å². The molecule has 3 aromatic rings. The maximum atomic E-state index is 12.6. The van der Waals surface area contributed by atoms with Gasteiger partial charge in [0.2, 0.25) is 10.0 Å². The van der Waals surface area contributed by atoms with Crippen LogP contribution in [0.1, 0.15) is 40.6 Å². The predicted molar refractivity (Wildman–Crippen MR) is 96.2 cm³/mol. The number of primary sulfonamides is 1. The van der Waals surface area contributed by atoms with E-state index >= 15 is 0 Å². The Balaban J connectivity index is 1.53. The van der Waals surface area contributed by atoms with E-state index in [1.165, 1.54) is 12.1 Å². The second kappa shape index (κ2) is 6.22. The van der Waals surface area contributed by atoms with E-state index in [0.29, 0.717) is 11.6 Å². The van der Waals surface area contributed by atoms with E-state index < -0.39 is 10.0 Å². The van der Waals surface area contributed by atoms with Gasteiger partial charge < -0.3 is 9.72 Å². The fourth-order valence-electron chi connectivity index (χ4n) is 2.92. The molecule has 2 heterocycles. The van der Waals surface area contributed by atoms with Crippen LogP contribution in [0.15, 0.2) is 53.6 Å². The van der Waals surface area contributed by atoms with E-state index in [-0.39, 0.29) is 17.3 Å². The minimum Gasteiger partial charge on any atom is -0.347 e. The Labute approximate surface area is 150 Å². The number of nitrogens with one attached hydrogen (secondary N) is 1. The fourth-order valence-corrected chi connectivity index (χ4v) is 3.44. The molecule has 2 aromatic heterocycles. The second-order valence-corrected chi connectivity index (χ2v) is 7.98. The number of hydrogen-bond acceptors (Lipinski definition) is 4. The largest absolute Gasteiger partial charge is 0.347 e. The van der Waals surface area contributed by atoms with Crippen molar-refractivity contribution < 1.29 is 13.2 Å². The molecule has 1 aliphatic rings. The molecule has 8 heteroatoms. The van der Waals surface area contributed by atoms with Gasteiger partial charge in [0.1, 0.15) is 5.82 Å². The normalized spacial score (nSPS) is 14.5. The van der Waals surface area contributed by atoms with Crippen LogP contribution in [0.3, 0.4) is 0 Å². The van der Waals surface area contributed by atoms with Crippen molar-refractivity contribution in [2.75, 3.05) is 0 Å². The molecule has 1 amide bonds. The fraction of sp³-hybridized carbons (Fsp3) is 0.222. The maximum Gasteiger partial charge on any atom is 0.272 e. The molecule has 4 rings (SSSR count). The number of imidazole rings is 1. The lowest BCUT2D eigenvalue weighted by atomic mass is 10.2. The average molecular weight is 370 g/mol. The molecule has 0 unspecified atom stereocenters. The summed E-state index contributed by atoms with van der Waals surface area (Å²) in [6, 6.07) is 11.8. The van der Waals surface area contributed by atoms with Crippen molar-refractivity contribution >= 4 is 21.4 Å². The number of carbonyl (C=O) groups excluding carboxylic acids is 1. The summed E-state index contributed by atoms with van der Waals surface area (Å²) < 4.78 is 24.5. The van der Waals surface area contributed by atoms with Gasteiger partial charge in [0.15, 0.2) is 5.69 Å². The Morgan fingerprint density at radius 1 is 1.19 bits per heavy atom. The second-order valence-electron chi connectivity index (χ2n) is 6.42. The smallest absolute Gasteiger partial charge is 0.272 e. The molecular formula is C18H18N4O3S. The molecule has 0 spiro atoms. The minimum absolute atomic E-state index is 0.0433. The van der Waals surface area contributed by atoms with Crippen LogP contribution in [0, 0.1) is 0 Å². The predicted octanol–water partition coefficient (Wildman–Crippen LogP) is 1.79. The molecule has 3 N–H and O–H groups in total. The Hall–Kier alpha value is -2.71. The van der Waals surface area contributed by atoms with Gasteiger partial charge in [-0.05, 0) is 42.7 Å². The highest BCUT2D eigenvalue weighted by Gasteiger charge is 2.30. The molecule has 1 saturated carbocycles. The number of aromatic nitrogens is 2. The number of sulfonamides is 1. The molecule has 26 heavy (non-hydrogen) atoms. The van der Waals surface area contributed by atoms with E-state index in [1.807, 2.05) is 28.8 Å². The zero-order valence-electron chi connectivity index (χ0n) is 13.9. The van der Waals surface area contributed by atoms with Crippen LogP contribution in [0.25, 0.3) is 5.52 Å². The monoisotopic (exact) mass is 370 g/mol. The molecule has 134 valence electrons. The highest BCUT2D eigenvalue weighted by Crippen LogP contribution is 2.39. The Morgan fingerprint density at radius 3 is 2.58 bits per heavy atom. The first-order valence-electron chi connectivity index (χ1n) is 8.30. The van der Waals surface area contributed by atoms with Gasteiger partial charge in [0.25, 0.3) is 5.91 Å². The van der Waals surface area contributed by atoms with Crippen LogP contribution >= 0.6 is 0 Å². The van der Waals surface area contributed by atoms with Gasteiger partial charge >= 0.3 is 0 Å². The van der Waals surface area contributed by atoms with E-state index in [0.717, 1.165) is 29.7 Å². The SMILES string of the molecule is NS(=O)(=O)c1ccc(CNC(=O)c2nc(C3CC3)n3ccccc23)cc1. The third-order valence-corrected chi connectivity index (χ3v) is 5.37. The molecule has 1 fully saturated rings. The lowest BCUT2D eigenvalue weighted by molar-refractivity contribution is 0.0948. The molecule has 0 saturated heterocycles. The molecule has 7 nitrogen and oxygen atoms in total. The number of pyridine rings is 1. The van der Waals surface area contributed by atoms with Gasteiger partial charge in [-0.1, -0.05) is 18.2 Å². The van der Waals surface area contributed by atoms with Gasteiger partial charge in [0, 0.05) is 18.7 Å². The summed E-state index contributed by atoms with van der Waals surface area (Å²) in [6.45, 7) is 0.272. The van der Waals surface area contributed by atoms with Crippen molar-refractivity contribution in [3.8, 4) is 0 Å². The number of nitrogens with two attached hydrogens (primary N) is 1. The Kier molecular flexibility index (Phi) is 4.01.